The van der Waals surface area contributed by atoms with Crippen molar-refractivity contribution in [1.29, 1.82) is 0 Å². The number of hydrogen-bond donors (Lipinski definition) is 3. The van der Waals surface area contributed by atoms with Gasteiger partial charge in [0.05, 0.1) is 30.6 Å². The Morgan fingerprint density at radius 3 is 2.95 bits per heavy atom. The summed E-state index contributed by atoms with van der Waals surface area (Å²) >= 11 is 1.24. The molecule has 0 aromatic carbocycles. The number of imidazole rings is 1. The van der Waals surface area contributed by atoms with Crippen molar-refractivity contribution in [3.63, 3.8) is 0 Å². The first kappa shape index (κ1) is 13.3. The number of nitrogens with zero attached hydrogens (tertiary/aromatic N) is 4. The fraction of sp³-hybridized carbons (Fsp3) is 0.364. The Kier molecular flexibility index (Phi) is 3.32. The molecule has 1 unspecified atom stereocenters. The molecule has 3 atom stereocenters. The largest absolute Gasteiger partial charge is 0.395 e. The molecule has 0 amide bonds. The van der Waals surface area contributed by atoms with Gasteiger partial charge in [0.15, 0.2) is 11.5 Å². The molecule has 1 saturated heterocycles. The Balaban J connectivity index is 2.09. The van der Waals surface area contributed by atoms with Crippen LogP contribution in [-0.2, 0) is 0 Å². The van der Waals surface area contributed by atoms with E-state index < -0.39 is 16.7 Å². The lowest BCUT2D eigenvalue weighted by atomic mass is 10.1. The van der Waals surface area contributed by atoms with Crippen molar-refractivity contribution in [3.05, 3.63) is 24.6 Å². The van der Waals surface area contributed by atoms with Crippen molar-refractivity contribution in [2.45, 2.75) is 16.7 Å². The quantitative estimate of drug-likeness (QED) is 0.727. The molecule has 3 heterocycles. The zero-order chi connectivity index (χ0) is 14.3. The number of aromatic nitrogens is 4. The molecular weight excluding hydrogens is 285 g/mol. The van der Waals surface area contributed by atoms with Crippen LogP contribution in [-0.4, -0.2) is 47.7 Å². The number of anilines is 1. The van der Waals surface area contributed by atoms with Gasteiger partial charge >= 0.3 is 0 Å². The van der Waals surface area contributed by atoms with Gasteiger partial charge in [0.1, 0.15) is 17.2 Å². The van der Waals surface area contributed by atoms with Crippen LogP contribution in [0.3, 0.4) is 0 Å². The topological polar surface area (TPSA) is 110 Å². The van der Waals surface area contributed by atoms with Crippen LogP contribution >= 0.6 is 11.8 Å². The molecule has 7 nitrogen and oxygen atoms in total. The van der Waals surface area contributed by atoms with Crippen molar-refractivity contribution in [3.8, 4) is 0 Å². The van der Waals surface area contributed by atoms with E-state index in [1.807, 2.05) is 0 Å². The van der Waals surface area contributed by atoms with Gasteiger partial charge in [-0.1, -0.05) is 0 Å². The van der Waals surface area contributed by atoms with E-state index in [2.05, 4.69) is 15.0 Å². The number of aliphatic hydroxyl groups is 2. The van der Waals surface area contributed by atoms with Crippen molar-refractivity contribution in [2.75, 3.05) is 12.3 Å². The van der Waals surface area contributed by atoms with Crippen LogP contribution in [0.1, 0.15) is 5.37 Å². The Morgan fingerprint density at radius 2 is 2.25 bits per heavy atom. The van der Waals surface area contributed by atoms with Crippen LogP contribution in [0.4, 0.5) is 10.2 Å². The van der Waals surface area contributed by atoms with Crippen LogP contribution in [0.15, 0.2) is 24.6 Å². The number of aliphatic hydroxyl groups excluding tert-OH is 2. The molecule has 0 aliphatic carbocycles. The second-order valence-corrected chi connectivity index (χ2v) is 5.67. The minimum Gasteiger partial charge on any atom is -0.395 e. The number of hydrogen-bond acceptors (Lipinski definition) is 7. The maximum atomic E-state index is 13.1. The number of halogens is 1. The lowest BCUT2D eigenvalue weighted by molar-refractivity contribution is 0.170. The van der Waals surface area contributed by atoms with E-state index in [0.717, 1.165) is 0 Å². The molecule has 20 heavy (non-hydrogen) atoms. The van der Waals surface area contributed by atoms with Crippen LogP contribution in [0, 0.1) is 0 Å². The van der Waals surface area contributed by atoms with Gasteiger partial charge in [0.25, 0.3) is 0 Å². The van der Waals surface area contributed by atoms with Gasteiger partial charge in [0.2, 0.25) is 0 Å². The van der Waals surface area contributed by atoms with E-state index in [4.69, 9.17) is 5.73 Å². The number of nitrogens with two attached hydrogens (primary N) is 1. The number of rotatable bonds is 2. The monoisotopic (exact) mass is 297 g/mol. The van der Waals surface area contributed by atoms with E-state index in [-0.39, 0.29) is 18.0 Å². The Bertz CT molecular complexity index is 676. The summed E-state index contributed by atoms with van der Waals surface area (Å²) in [6, 6.07) is 0. The summed E-state index contributed by atoms with van der Waals surface area (Å²) in [7, 11) is 0. The highest BCUT2D eigenvalue weighted by Crippen LogP contribution is 2.46. The number of nitrogen functional groups attached to an aromatic ring is 1. The summed E-state index contributed by atoms with van der Waals surface area (Å²) in [5.41, 5.74) is 6.76. The first-order valence-electron chi connectivity index (χ1n) is 5.85. The molecule has 106 valence electrons. The lowest BCUT2D eigenvalue weighted by Gasteiger charge is -2.13. The molecule has 0 bridgehead atoms. The molecule has 4 N–H and O–H groups in total. The summed E-state index contributed by atoms with van der Waals surface area (Å²) in [5.74, 6) is 0.238. The van der Waals surface area contributed by atoms with Gasteiger partial charge in [-0.3, -0.25) is 4.57 Å². The predicted octanol–water partition coefficient (Wildman–Crippen LogP) is 0.229. The van der Waals surface area contributed by atoms with E-state index in [1.54, 1.807) is 4.57 Å². The Morgan fingerprint density at radius 1 is 1.45 bits per heavy atom. The molecule has 1 aliphatic heterocycles. The zero-order valence-corrected chi connectivity index (χ0v) is 11.0. The molecule has 2 aromatic rings. The highest BCUT2D eigenvalue weighted by molar-refractivity contribution is 8.00. The third kappa shape index (κ3) is 1.86. The Labute approximate surface area is 117 Å². The highest BCUT2D eigenvalue weighted by Gasteiger charge is 2.40. The molecule has 0 spiro atoms. The minimum atomic E-state index is -1.04. The predicted molar refractivity (Wildman–Crippen MR) is 72.4 cm³/mol. The summed E-state index contributed by atoms with van der Waals surface area (Å²) < 4.78 is 14.7. The second-order valence-electron chi connectivity index (χ2n) is 4.35. The third-order valence-corrected chi connectivity index (χ3v) is 4.74. The van der Waals surface area contributed by atoms with E-state index in [1.165, 1.54) is 24.4 Å². The van der Waals surface area contributed by atoms with Crippen molar-refractivity contribution < 1.29 is 14.6 Å². The molecule has 1 aliphatic rings. The molecule has 1 fully saturated rings. The van der Waals surface area contributed by atoms with Crippen LogP contribution in [0.5, 0.6) is 0 Å². The van der Waals surface area contributed by atoms with Gasteiger partial charge < -0.3 is 15.9 Å². The second kappa shape index (κ2) is 5.00. The van der Waals surface area contributed by atoms with Crippen LogP contribution in [0.2, 0.25) is 0 Å². The average molecular weight is 297 g/mol. The SMILES string of the molecule is Nc1ncnc2c1ncn2[C@H]1S[C@H](CO)C(O)/C1=C\F. The molecule has 9 heteroatoms. The van der Waals surface area contributed by atoms with Crippen molar-refractivity contribution in [2.24, 2.45) is 0 Å². The fourth-order valence-corrected chi connectivity index (χ4v) is 3.56. The van der Waals surface area contributed by atoms with E-state index in [0.29, 0.717) is 17.5 Å². The summed E-state index contributed by atoms with van der Waals surface area (Å²) in [4.78, 5) is 12.0. The van der Waals surface area contributed by atoms with Crippen LogP contribution < -0.4 is 5.73 Å². The molecule has 3 rings (SSSR count). The molecular formula is C11H12FN5O2S. The van der Waals surface area contributed by atoms with Gasteiger partial charge in [0, 0.05) is 5.57 Å². The molecule has 0 radical (unpaired) electrons. The van der Waals surface area contributed by atoms with Crippen molar-refractivity contribution in [1.82, 2.24) is 19.5 Å². The third-order valence-electron chi connectivity index (χ3n) is 3.23. The standard InChI is InChI=1S/C11H12FN5O2S/c12-1-5-8(19)6(2-18)20-11(5)17-4-16-7-9(13)14-3-15-10(7)17/h1,3-4,6,8,11,18-19H,2H2,(H2,13,14,15)/b5-1+/t6-,8?,11+/m1/s1. The van der Waals surface area contributed by atoms with E-state index >= 15 is 0 Å². The Hall–Kier alpha value is -1.71. The first-order valence-corrected chi connectivity index (χ1v) is 6.79. The van der Waals surface area contributed by atoms with Crippen LogP contribution in [0.25, 0.3) is 11.2 Å². The lowest BCUT2D eigenvalue weighted by Crippen LogP contribution is -2.22. The van der Waals surface area contributed by atoms with Gasteiger partial charge in [-0.2, -0.15) is 0 Å². The zero-order valence-electron chi connectivity index (χ0n) is 10.2. The van der Waals surface area contributed by atoms with Gasteiger partial charge in [-0.15, -0.1) is 11.8 Å². The molecule has 0 saturated carbocycles. The smallest absolute Gasteiger partial charge is 0.166 e. The normalized spacial score (nSPS) is 28.6. The van der Waals surface area contributed by atoms with Gasteiger partial charge in [-0.25, -0.2) is 19.3 Å². The highest BCUT2D eigenvalue weighted by atomic mass is 32.2. The summed E-state index contributed by atoms with van der Waals surface area (Å²) in [6.07, 6.45) is 2.10. The molecule has 2 aromatic heterocycles. The summed E-state index contributed by atoms with van der Waals surface area (Å²) in [5, 5.41) is 18.2. The fourth-order valence-electron chi connectivity index (χ4n) is 2.21. The maximum Gasteiger partial charge on any atom is 0.166 e. The minimum absolute atomic E-state index is 0.172. The maximum absolute atomic E-state index is 13.1. The van der Waals surface area contributed by atoms with Crippen molar-refractivity contribution >= 4 is 28.7 Å². The first-order chi connectivity index (χ1) is 9.67. The van der Waals surface area contributed by atoms with E-state index in [9.17, 15) is 14.6 Å². The number of thioether (sulfide) groups is 1. The van der Waals surface area contributed by atoms with Gasteiger partial charge in [-0.05, 0) is 0 Å². The summed E-state index contributed by atoms with van der Waals surface area (Å²) in [6.45, 7) is -0.247. The number of fused-ring (bicyclic) bond motifs is 1. The average Bonchev–Trinajstić information content (AvgIpc) is 3.00.